The first-order valence-corrected chi connectivity index (χ1v) is 8.50. The van der Waals surface area contributed by atoms with Crippen molar-refractivity contribution >= 4 is 17.5 Å². The molecule has 0 aromatic heterocycles. The van der Waals surface area contributed by atoms with Gasteiger partial charge < -0.3 is 18.9 Å². The number of carbonyl (C=O) groups excluding carboxylic acids is 2. The highest BCUT2D eigenvalue weighted by atomic mass is 16.6. The molecule has 1 heterocycles. The fraction of sp³-hybridized carbons (Fsp3) is 0.238. The van der Waals surface area contributed by atoms with Gasteiger partial charge >= 0.3 is 11.9 Å². The van der Waals surface area contributed by atoms with Crippen LogP contribution in [0.1, 0.15) is 18.1 Å². The second-order valence-electron chi connectivity index (χ2n) is 5.75. The molecule has 0 radical (unpaired) electrons. The van der Waals surface area contributed by atoms with Gasteiger partial charge in [-0.15, -0.1) is 0 Å². The molecule has 2 aromatic carbocycles. The van der Waals surface area contributed by atoms with E-state index in [0.29, 0.717) is 22.6 Å². The SMILES string of the molecule is CCOC(=O)C1Oc2ccccc2C(c2ccc(OC)cc2)=C1C(=O)OC. The minimum atomic E-state index is -1.20. The lowest BCUT2D eigenvalue weighted by atomic mass is 9.87. The molecule has 1 atom stereocenters. The molecule has 2 aromatic rings. The summed E-state index contributed by atoms with van der Waals surface area (Å²) in [6.07, 6.45) is -1.20. The predicted molar refractivity (Wildman–Crippen MR) is 98.5 cm³/mol. The molecule has 0 saturated heterocycles. The topological polar surface area (TPSA) is 71.1 Å². The van der Waals surface area contributed by atoms with Gasteiger partial charge in [-0.25, -0.2) is 9.59 Å². The van der Waals surface area contributed by atoms with Crippen LogP contribution in [-0.2, 0) is 19.1 Å². The monoisotopic (exact) mass is 368 g/mol. The summed E-state index contributed by atoms with van der Waals surface area (Å²) in [7, 11) is 2.85. The Morgan fingerprint density at radius 1 is 1.04 bits per heavy atom. The summed E-state index contributed by atoms with van der Waals surface area (Å²) in [5.41, 5.74) is 2.12. The fourth-order valence-electron chi connectivity index (χ4n) is 3.01. The average Bonchev–Trinajstić information content (AvgIpc) is 2.72. The number of carbonyl (C=O) groups is 2. The number of hydrogen-bond acceptors (Lipinski definition) is 6. The maximum atomic E-state index is 12.6. The molecule has 3 rings (SSSR count). The molecular formula is C21H20O6. The lowest BCUT2D eigenvalue weighted by molar-refractivity contribution is -0.152. The molecule has 0 N–H and O–H groups in total. The van der Waals surface area contributed by atoms with E-state index < -0.39 is 18.0 Å². The van der Waals surface area contributed by atoms with Gasteiger partial charge in [-0.2, -0.15) is 0 Å². The van der Waals surface area contributed by atoms with E-state index in [2.05, 4.69) is 0 Å². The van der Waals surface area contributed by atoms with Gasteiger partial charge in [0.15, 0.2) is 0 Å². The van der Waals surface area contributed by atoms with E-state index in [1.165, 1.54) is 7.11 Å². The van der Waals surface area contributed by atoms with Crippen LogP contribution < -0.4 is 9.47 Å². The van der Waals surface area contributed by atoms with Gasteiger partial charge in [0.05, 0.1) is 26.4 Å². The van der Waals surface area contributed by atoms with Crippen molar-refractivity contribution in [3.05, 3.63) is 65.2 Å². The Balaban J connectivity index is 2.26. The van der Waals surface area contributed by atoms with Crippen LogP contribution in [0.3, 0.4) is 0 Å². The second kappa shape index (κ2) is 7.95. The van der Waals surface area contributed by atoms with Crippen LogP contribution in [0.2, 0.25) is 0 Å². The molecule has 0 amide bonds. The van der Waals surface area contributed by atoms with Crippen LogP contribution in [0.5, 0.6) is 11.5 Å². The number of benzene rings is 2. The summed E-state index contributed by atoms with van der Waals surface area (Å²) in [6.45, 7) is 1.87. The van der Waals surface area contributed by atoms with Crippen LogP contribution in [0.25, 0.3) is 5.57 Å². The fourth-order valence-corrected chi connectivity index (χ4v) is 3.01. The minimum absolute atomic E-state index is 0.111. The van der Waals surface area contributed by atoms with E-state index >= 15 is 0 Å². The molecule has 140 valence electrons. The van der Waals surface area contributed by atoms with Crippen molar-refractivity contribution in [3.8, 4) is 11.5 Å². The third-order valence-corrected chi connectivity index (χ3v) is 4.22. The Morgan fingerprint density at radius 3 is 2.37 bits per heavy atom. The van der Waals surface area contributed by atoms with Crippen molar-refractivity contribution in [2.24, 2.45) is 0 Å². The molecule has 0 saturated carbocycles. The summed E-state index contributed by atoms with van der Waals surface area (Å²) in [6, 6.07) is 14.4. The van der Waals surface area contributed by atoms with E-state index in [-0.39, 0.29) is 12.2 Å². The standard InChI is InChI=1S/C21H20O6/c1-4-26-21(23)19-18(20(22)25-3)17(13-9-11-14(24-2)12-10-13)15-7-5-6-8-16(15)27-19/h5-12,19H,4H2,1-3H3. The number of ether oxygens (including phenoxy) is 4. The van der Waals surface area contributed by atoms with Gasteiger partial charge in [0.1, 0.15) is 11.5 Å². The van der Waals surface area contributed by atoms with E-state index in [1.54, 1.807) is 38.3 Å². The number of hydrogen-bond donors (Lipinski definition) is 0. The molecule has 27 heavy (non-hydrogen) atoms. The third kappa shape index (κ3) is 3.51. The zero-order valence-corrected chi connectivity index (χ0v) is 15.4. The van der Waals surface area contributed by atoms with Gasteiger partial charge in [0.25, 0.3) is 0 Å². The van der Waals surface area contributed by atoms with E-state index in [0.717, 1.165) is 5.56 Å². The van der Waals surface area contributed by atoms with Crippen molar-refractivity contribution in [1.29, 1.82) is 0 Å². The minimum Gasteiger partial charge on any atom is -0.497 e. The Bertz CT molecular complexity index is 882. The van der Waals surface area contributed by atoms with Crippen LogP contribution in [-0.4, -0.2) is 38.9 Å². The van der Waals surface area contributed by atoms with Crippen molar-refractivity contribution in [2.75, 3.05) is 20.8 Å². The summed E-state index contributed by atoms with van der Waals surface area (Å²) >= 11 is 0. The van der Waals surface area contributed by atoms with Crippen molar-refractivity contribution in [2.45, 2.75) is 13.0 Å². The lowest BCUT2D eigenvalue weighted by Gasteiger charge is -2.29. The van der Waals surface area contributed by atoms with E-state index in [1.807, 2.05) is 24.3 Å². The quantitative estimate of drug-likeness (QED) is 0.756. The molecule has 6 heteroatoms. The Labute approximate surface area is 157 Å². The summed E-state index contributed by atoms with van der Waals surface area (Å²) in [5.74, 6) is -0.109. The van der Waals surface area contributed by atoms with Gasteiger partial charge in [0.2, 0.25) is 6.10 Å². The number of esters is 2. The molecule has 0 spiro atoms. The molecule has 1 unspecified atom stereocenters. The Morgan fingerprint density at radius 2 is 1.74 bits per heavy atom. The molecule has 1 aliphatic rings. The van der Waals surface area contributed by atoms with E-state index in [9.17, 15) is 9.59 Å². The normalized spacial score (nSPS) is 15.4. The Hall–Kier alpha value is -3.28. The lowest BCUT2D eigenvalue weighted by Crippen LogP contribution is -2.38. The van der Waals surface area contributed by atoms with Gasteiger partial charge in [0, 0.05) is 11.1 Å². The molecule has 6 nitrogen and oxygen atoms in total. The van der Waals surface area contributed by atoms with Crippen molar-refractivity contribution < 1.29 is 28.5 Å². The molecule has 0 aliphatic carbocycles. The van der Waals surface area contributed by atoms with Crippen LogP contribution in [0.4, 0.5) is 0 Å². The van der Waals surface area contributed by atoms with Crippen LogP contribution in [0, 0.1) is 0 Å². The summed E-state index contributed by atoms with van der Waals surface area (Å²) in [4.78, 5) is 25.1. The van der Waals surface area contributed by atoms with Crippen LogP contribution in [0.15, 0.2) is 54.1 Å². The highest BCUT2D eigenvalue weighted by molar-refractivity contribution is 6.08. The van der Waals surface area contributed by atoms with Crippen molar-refractivity contribution in [1.82, 2.24) is 0 Å². The largest absolute Gasteiger partial charge is 0.497 e. The average molecular weight is 368 g/mol. The first-order valence-electron chi connectivity index (χ1n) is 8.50. The molecule has 0 bridgehead atoms. The number of para-hydroxylation sites is 1. The third-order valence-electron chi connectivity index (χ3n) is 4.22. The van der Waals surface area contributed by atoms with E-state index in [4.69, 9.17) is 18.9 Å². The summed E-state index contributed by atoms with van der Waals surface area (Å²) < 4.78 is 21.1. The second-order valence-corrected chi connectivity index (χ2v) is 5.75. The van der Waals surface area contributed by atoms with Gasteiger partial charge in [-0.1, -0.05) is 30.3 Å². The highest BCUT2D eigenvalue weighted by Crippen LogP contribution is 2.40. The number of methoxy groups -OCH3 is 2. The van der Waals surface area contributed by atoms with Gasteiger partial charge in [-0.3, -0.25) is 0 Å². The first kappa shape index (κ1) is 18.5. The molecule has 1 aliphatic heterocycles. The molecular weight excluding hydrogens is 348 g/mol. The van der Waals surface area contributed by atoms with Gasteiger partial charge in [-0.05, 0) is 30.7 Å². The zero-order valence-electron chi connectivity index (χ0n) is 15.4. The first-order chi connectivity index (χ1) is 13.1. The molecule has 0 fully saturated rings. The predicted octanol–water partition coefficient (Wildman–Crippen LogP) is 2.99. The van der Waals surface area contributed by atoms with Crippen LogP contribution >= 0.6 is 0 Å². The Kier molecular flexibility index (Phi) is 5.45. The number of fused-ring (bicyclic) bond motifs is 1. The number of rotatable bonds is 5. The summed E-state index contributed by atoms with van der Waals surface area (Å²) in [5, 5.41) is 0. The highest BCUT2D eigenvalue weighted by Gasteiger charge is 2.39. The maximum absolute atomic E-state index is 12.6. The van der Waals surface area contributed by atoms with Crippen molar-refractivity contribution in [3.63, 3.8) is 0 Å². The zero-order chi connectivity index (χ0) is 19.4. The smallest absolute Gasteiger partial charge is 0.352 e. The maximum Gasteiger partial charge on any atom is 0.352 e.